The first-order valence-corrected chi connectivity index (χ1v) is 8.38. The van der Waals surface area contributed by atoms with Gasteiger partial charge in [0, 0.05) is 19.0 Å². The van der Waals surface area contributed by atoms with Crippen molar-refractivity contribution in [2.45, 2.75) is 32.3 Å². The molecule has 0 spiro atoms. The zero-order valence-corrected chi connectivity index (χ0v) is 15.6. The van der Waals surface area contributed by atoms with Crippen LogP contribution in [0.25, 0.3) is 0 Å². The number of halogens is 2. The van der Waals surface area contributed by atoms with Crippen LogP contribution >= 0.6 is 23.2 Å². The summed E-state index contributed by atoms with van der Waals surface area (Å²) in [6.07, 6.45) is -0.445. The molecule has 2 rings (SSSR count). The fraction of sp³-hybridized carbons (Fsp3) is 0.529. The number of likely N-dealkylation sites (tertiary alicyclic amines) is 1. The minimum atomic E-state index is -0.598. The van der Waals surface area contributed by atoms with Gasteiger partial charge < -0.3 is 14.4 Å². The van der Waals surface area contributed by atoms with E-state index in [1.807, 2.05) is 6.07 Å². The van der Waals surface area contributed by atoms with E-state index in [1.54, 1.807) is 32.9 Å². The number of hydrogen-bond acceptors (Lipinski definition) is 4. The van der Waals surface area contributed by atoms with Crippen LogP contribution < -0.4 is 0 Å². The molecule has 1 aliphatic heterocycles. The van der Waals surface area contributed by atoms with E-state index in [9.17, 15) is 9.59 Å². The first-order chi connectivity index (χ1) is 11.1. The molecule has 1 heterocycles. The van der Waals surface area contributed by atoms with Gasteiger partial charge >= 0.3 is 12.1 Å². The monoisotopic (exact) mass is 373 g/mol. The third-order valence-corrected chi connectivity index (χ3v) is 4.59. The molecule has 0 aromatic heterocycles. The molecular formula is C17H21Cl2NO4. The van der Waals surface area contributed by atoms with Crippen molar-refractivity contribution < 1.29 is 19.1 Å². The van der Waals surface area contributed by atoms with Crippen molar-refractivity contribution in [3.8, 4) is 0 Å². The predicted octanol–water partition coefficient (Wildman–Crippen LogP) is 4.12. The molecule has 1 fully saturated rings. The molecule has 1 aliphatic rings. The van der Waals surface area contributed by atoms with Crippen LogP contribution in [0, 0.1) is 5.92 Å². The van der Waals surface area contributed by atoms with E-state index in [1.165, 1.54) is 12.0 Å². The fourth-order valence-electron chi connectivity index (χ4n) is 2.75. The van der Waals surface area contributed by atoms with Gasteiger partial charge in [-0.15, -0.1) is 0 Å². The van der Waals surface area contributed by atoms with Crippen molar-refractivity contribution in [3.63, 3.8) is 0 Å². The molecule has 0 bridgehead atoms. The van der Waals surface area contributed by atoms with Gasteiger partial charge in [-0.3, -0.25) is 4.79 Å². The molecule has 0 unspecified atom stereocenters. The molecule has 1 aromatic rings. The number of methoxy groups -OCH3 is 1. The first-order valence-electron chi connectivity index (χ1n) is 7.63. The highest BCUT2D eigenvalue weighted by Gasteiger charge is 2.42. The maximum atomic E-state index is 12.3. The smallest absolute Gasteiger partial charge is 0.410 e. The van der Waals surface area contributed by atoms with Crippen LogP contribution in [0.1, 0.15) is 32.3 Å². The Balaban J connectivity index is 2.26. The van der Waals surface area contributed by atoms with E-state index in [-0.39, 0.29) is 18.4 Å². The maximum absolute atomic E-state index is 12.3. The third kappa shape index (κ3) is 4.33. The number of esters is 1. The van der Waals surface area contributed by atoms with E-state index in [0.717, 1.165) is 5.56 Å². The molecule has 0 radical (unpaired) electrons. The summed E-state index contributed by atoms with van der Waals surface area (Å²) in [6, 6.07) is 5.22. The van der Waals surface area contributed by atoms with Crippen LogP contribution in [-0.2, 0) is 14.3 Å². The average molecular weight is 374 g/mol. The van der Waals surface area contributed by atoms with Gasteiger partial charge in [-0.25, -0.2) is 4.79 Å². The lowest BCUT2D eigenvalue weighted by Crippen LogP contribution is -2.36. The van der Waals surface area contributed by atoms with E-state index < -0.39 is 17.6 Å². The van der Waals surface area contributed by atoms with Crippen molar-refractivity contribution in [2.24, 2.45) is 5.92 Å². The van der Waals surface area contributed by atoms with E-state index in [4.69, 9.17) is 32.7 Å². The Morgan fingerprint density at radius 2 is 1.83 bits per heavy atom. The Bertz CT molecular complexity index is 642. The quantitative estimate of drug-likeness (QED) is 0.731. The van der Waals surface area contributed by atoms with Crippen LogP contribution in [-0.4, -0.2) is 42.8 Å². The maximum Gasteiger partial charge on any atom is 0.410 e. The van der Waals surface area contributed by atoms with Gasteiger partial charge in [-0.1, -0.05) is 29.3 Å². The number of ether oxygens (including phenoxy) is 2. The Morgan fingerprint density at radius 1 is 1.17 bits per heavy atom. The first kappa shape index (κ1) is 18.9. The highest BCUT2D eigenvalue weighted by molar-refractivity contribution is 6.42. The second-order valence-electron chi connectivity index (χ2n) is 6.80. The molecule has 132 valence electrons. The van der Waals surface area contributed by atoms with Gasteiger partial charge in [0.25, 0.3) is 0 Å². The predicted molar refractivity (Wildman–Crippen MR) is 92.5 cm³/mol. The van der Waals surface area contributed by atoms with Crippen molar-refractivity contribution in [1.82, 2.24) is 4.90 Å². The van der Waals surface area contributed by atoms with Crippen LogP contribution in [0.15, 0.2) is 18.2 Å². The van der Waals surface area contributed by atoms with Crippen LogP contribution in [0.5, 0.6) is 0 Å². The normalized spacial score (nSPS) is 20.8. The summed E-state index contributed by atoms with van der Waals surface area (Å²) in [4.78, 5) is 26.0. The van der Waals surface area contributed by atoms with E-state index >= 15 is 0 Å². The van der Waals surface area contributed by atoms with Gasteiger partial charge in [0.1, 0.15) is 5.60 Å². The summed E-state index contributed by atoms with van der Waals surface area (Å²) in [6.45, 7) is 6.00. The standard InChI is InChI=1S/C17H21Cl2NO4/c1-17(2,3)24-16(22)20-8-11(12(9-20)15(21)23-4)10-5-6-13(18)14(19)7-10/h5-7,11-12H,8-9H2,1-4H3/t11-,12+/m0/s1. The molecule has 0 saturated carbocycles. The van der Waals surface area contributed by atoms with Gasteiger partial charge in [0.2, 0.25) is 0 Å². The van der Waals surface area contributed by atoms with Gasteiger partial charge in [-0.05, 0) is 38.5 Å². The largest absolute Gasteiger partial charge is 0.469 e. The van der Waals surface area contributed by atoms with Crippen molar-refractivity contribution in [1.29, 1.82) is 0 Å². The molecule has 0 N–H and O–H groups in total. The zero-order chi connectivity index (χ0) is 18.1. The molecule has 5 nitrogen and oxygen atoms in total. The topological polar surface area (TPSA) is 55.8 Å². The number of rotatable bonds is 2. The third-order valence-electron chi connectivity index (χ3n) is 3.85. The van der Waals surface area contributed by atoms with Gasteiger partial charge in [0.05, 0.1) is 23.1 Å². The minimum absolute atomic E-state index is 0.222. The highest BCUT2D eigenvalue weighted by Crippen LogP contribution is 2.36. The van der Waals surface area contributed by atoms with Crippen LogP contribution in [0.2, 0.25) is 10.0 Å². The summed E-state index contributed by atoms with van der Waals surface area (Å²) >= 11 is 12.0. The number of hydrogen-bond donors (Lipinski definition) is 0. The molecule has 1 saturated heterocycles. The lowest BCUT2D eigenvalue weighted by molar-refractivity contribution is -0.145. The summed E-state index contributed by atoms with van der Waals surface area (Å²) < 4.78 is 10.3. The Morgan fingerprint density at radius 3 is 2.38 bits per heavy atom. The van der Waals surface area contributed by atoms with Crippen LogP contribution in [0.4, 0.5) is 4.79 Å². The van der Waals surface area contributed by atoms with Crippen molar-refractivity contribution in [2.75, 3.05) is 20.2 Å². The van der Waals surface area contributed by atoms with Gasteiger partial charge in [0.15, 0.2) is 0 Å². The van der Waals surface area contributed by atoms with E-state index in [2.05, 4.69) is 0 Å². The molecular weight excluding hydrogens is 353 g/mol. The Labute approximate surface area is 151 Å². The molecule has 2 atom stereocenters. The SMILES string of the molecule is COC(=O)[C@@H]1CN(C(=O)OC(C)(C)C)C[C@H]1c1ccc(Cl)c(Cl)c1. The Kier molecular flexibility index (Phi) is 5.66. The number of amides is 1. The van der Waals surface area contributed by atoms with Crippen LogP contribution in [0.3, 0.4) is 0 Å². The summed E-state index contributed by atoms with van der Waals surface area (Å²) in [5, 5.41) is 0.852. The average Bonchev–Trinajstić information content (AvgIpc) is 2.93. The molecule has 24 heavy (non-hydrogen) atoms. The number of carbonyl (C=O) groups excluding carboxylic acids is 2. The molecule has 1 amide bonds. The van der Waals surface area contributed by atoms with E-state index in [0.29, 0.717) is 16.6 Å². The number of nitrogens with zero attached hydrogens (tertiary/aromatic N) is 1. The lowest BCUT2D eigenvalue weighted by atomic mass is 9.89. The second-order valence-corrected chi connectivity index (χ2v) is 7.61. The Hall–Kier alpha value is -1.46. The number of benzene rings is 1. The van der Waals surface area contributed by atoms with Gasteiger partial charge in [-0.2, -0.15) is 0 Å². The molecule has 7 heteroatoms. The van der Waals surface area contributed by atoms with Crippen molar-refractivity contribution in [3.05, 3.63) is 33.8 Å². The summed E-state index contributed by atoms with van der Waals surface area (Å²) in [5.74, 6) is -1.06. The molecule has 1 aromatic carbocycles. The lowest BCUT2D eigenvalue weighted by Gasteiger charge is -2.24. The fourth-order valence-corrected chi connectivity index (χ4v) is 3.06. The zero-order valence-electron chi connectivity index (χ0n) is 14.1. The highest BCUT2D eigenvalue weighted by atomic mass is 35.5. The molecule has 0 aliphatic carbocycles. The number of carbonyl (C=O) groups is 2. The second kappa shape index (κ2) is 7.19. The van der Waals surface area contributed by atoms with Crippen molar-refractivity contribution >= 4 is 35.3 Å². The summed E-state index contributed by atoms with van der Waals surface area (Å²) in [7, 11) is 1.34. The minimum Gasteiger partial charge on any atom is -0.469 e. The summed E-state index contributed by atoms with van der Waals surface area (Å²) in [5.41, 5.74) is 0.241.